The van der Waals surface area contributed by atoms with Gasteiger partial charge in [0.1, 0.15) is 5.75 Å². The third-order valence-corrected chi connectivity index (χ3v) is 4.21. The van der Waals surface area contributed by atoms with Crippen LogP contribution in [0.1, 0.15) is 23.6 Å². The third-order valence-electron chi connectivity index (χ3n) is 4.21. The lowest BCUT2D eigenvalue weighted by Gasteiger charge is -2.35. The highest BCUT2D eigenvalue weighted by atomic mass is 16.5. The minimum Gasteiger partial charge on any atom is -0.497 e. The second kappa shape index (κ2) is 5.42. The number of aliphatic carboxylic acids is 1. The van der Waals surface area contributed by atoms with E-state index in [1.807, 2.05) is 6.07 Å². The molecule has 0 bridgehead atoms. The van der Waals surface area contributed by atoms with Crippen LogP contribution in [0.5, 0.6) is 5.75 Å². The maximum absolute atomic E-state index is 11.1. The fraction of sp³-hybridized carbons (Fsp3) is 0.533. The number of carboxylic acid groups (broad SMARTS) is 1. The van der Waals surface area contributed by atoms with Gasteiger partial charge in [0, 0.05) is 19.1 Å². The Morgan fingerprint density at radius 2 is 2.35 bits per heavy atom. The van der Waals surface area contributed by atoms with E-state index in [-0.39, 0.29) is 6.04 Å². The summed E-state index contributed by atoms with van der Waals surface area (Å²) in [7, 11) is 1.67. The van der Waals surface area contributed by atoms with Gasteiger partial charge in [-0.15, -0.1) is 0 Å². The molecule has 2 atom stereocenters. The van der Waals surface area contributed by atoms with Gasteiger partial charge in [-0.05, 0) is 36.1 Å². The van der Waals surface area contributed by atoms with Gasteiger partial charge in [0.05, 0.1) is 13.7 Å². The number of fused-ring (bicyclic) bond motifs is 1. The number of ether oxygens (including phenoxy) is 2. The molecule has 2 unspecified atom stereocenters. The van der Waals surface area contributed by atoms with E-state index >= 15 is 0 Å². The molecule has 3 rings (SSSR count). The summed E-state index contributed by atoms with van der Waals surface area (Å²) in [6.07, 6.45) is 1.37. The number of hydrogen-bond donors (Lipinski definition) is 1. The van der Waals surface area contributed by atoms with Crippen LogP contribution in [-0.2, 0) is 16.0 Å². The van der Waals surface area contributed by atoms with E-state index in [1.165, 1.54) is 11.1 Å². The van der Waals surface area contributed by atoms with Crippen LogP contribution >= 0.6 is 0 Å². The van der Waals surface area contributed by atoms with E-state index in [2.05, 4.69) is 17.0 Å². The summed E-state index contributed by atoms with van der Waals surface area (Å²) >= 11 is 0. The molecule has 5 nitrogen and oxygen atoms in total. The Labute approximate surface area is 118 Å². The Hall–Kier alpha value is -1.59. The van der Waals surface area contributed by atoms with Gasteiger partial charge in [0.25, 0.3) is 0 Å². The van der Waals surface area contributed by atoms with Crippen LogP contribution in [-0.4, -0.2) is 48.9 Å². The topological polar surface area (TPSA) is 59.0 Å². The highest BCUT2D eigenvalue weighted by Crippen LogP contribution is 2.38. The quantitative estimate of drug-likeness (QED) is 0.906. The molecule has 1 aliphatic carbocycles. The van der Waals surface area contributed by atoms with Crippen molar-refractivity contribution in [1.82, 2.24) is 4.90 Å². The molecule has 108 valence electrons. The standard InChI is InChI=1S/C15H19NO4/c1-19-11-4-2-10-3-5-13(12(10)8-11)16-6-7-20-14(9-16)15(17)18/h2,4,8,13-14H,3,5-7,9H2,1H3,(H,17,18). The third kappa shape index (κ3) is 2.39. The van der Waals surface area contributed by atoms with Crippen LogP contribution in [0.4, 0.5) is 0 Å². The first-order valence-electron chi connectivity index (χ1n) is 6.94. The zero-order chi connectivity index (χ0) is 14.1. The summed E-state index contributed by atoms with van der Waals surface area (Å²) in [4.78, 5) is 13.3. The Kier molecular flexibility index (Phi) is 3.63. The number of carboxylic acids is 1. The maximum Gasteiger partial charge on any atom is 0.334 e. The largest absolute Gasteiger partial charge is 0.497 e. The van der Waals surface area contributed by atoms with E-state index in [0.29, 0.717) is 13.2 Å². The first-order chi connectivity index (χ1) is 9.69. The monoisotopic (exact) mass is 277 g/mol. The molecule has 1 N–H and O–H groups in total. The summed E-state index contributed by atoms with van der Waals surface area (Å²) in [5, 5.41) is 9.10. The zero-order valence-electron chi connectivity index (χ0n) is 11.5. The van der Waals surface area contributed by atoms with Crippen molar-refractivity contribution in [3.63, 3.8) is 0 Å². The van der Waals surface area contributed by atoms with Crippen LogP contribution < -0.4 is 4.74 Å². The molecule has 1 aromatic carbocycles. The zero-order valence-corrected chi connectivity index (χ0v) is 11.5. The molecular formula is C15H19NO4. The molecule has 0 saturated carbocycles. The average Bonchev–Trinajstić information content (AvgIpc) is 2.90. The number of morpholine rings is 1. The summed E-state index contributed by atoms with van der Waals surface area (Å²) < 4.78 is 10.6. The summed E-state index contributed by atoms with van der Waals surface area (Å²) in [6, 6.07) is 6.47. The van der Waals surface area contributed by atoms with Crippen molar-refractivity contribution in [2.75, 3.05) is 26.8 Å². The normalized spacial score (nSPS) is 26.2. The maximum atomic E-state index is 11.1. The van der Waals surface area contributed by atoms with Crippen molar-refractivity contribution >= 4 is 5.97 Å². The van der Waals surface area contributed by atoms with Crippen molar-refractivity contribution in [2.24, 2.45) is 0 Å². The van der Waals surface area contributed by atoms with Crippen LogP contribution in [0.15, 0.2) is 18.2 Å². The number of aryl methyl sites for hydroxylation is 1. The molecule has 1 aromatic rings. The molecule has 0 amide bonds. The van der Waals surface area contributed by atoms with Gasteiger partial charge in [-0.1, -0.05) is 6.07 Å². The van der Waals surface area contributed by atoms with E-state index in [9.17, 15) is 4.79 Å². The van der Waals surface area contributed by atoms with Crippen LogP contribution in [0.3, 0.4) is 0 Å². The summed E-state index contributed by atoms with van der Waals surface area (Å²) in [5.41, 5.74) is 2.62. The molecule has 1 heterocycles. The number of carbonyl (C=O) groups is 1. The molecule has 2 aliphatic rings. The van der Waals surface area contributed by atoms with Gasteiger partial charge in [0.2, 0.25) is 0 Å². The molecule has 1 aliphatic heterocycles. The van der Waals surface area contributed by atoms with Crippen molar-refractivity contribution in [2.45, 2.75) is 25.0 Å². The fourth-order valence-corrected chi connectivity index (χ4v) is 3.17. The average molecular weight is 277 g/mol. The SMILES string of the molecule is COc1ccc2c(c1)C(N1CCOC(C(=O)O)C1)CC2. The molecule has 0 spiro atoms. The molecular weight excluding hydrogens is 258 g/mol. The van der Waals surface area contributed by atoms with Crippen LogP contribution in [0.25, 0.3) is 0 Å². The minimum absolute atomic E-state index is 0.283. The molecule has 0 radical (unpaired) electrons. The van der Waals surface area contributed by atoms with Gasteiger partial charge in [-0.2, -0.15) is 0 Å². The number of rotatable bonds is 3. The number of hydrogen-bond acceptors (Lipinski definition) is 4. The van der Waals surface area contributed by atoms with Gasteiger partial charge in [-0.25, -0.2) is 4.79 Å². The smallest absolute Gasteiger partial charge is 0.334 e. The van der Waals surface area contributed by atoms with Gasteiger partial charge < -0.3 is 14.6 Å². The highest BCUT2D eigenvalue weighted by molar-refractivity contribution is 5.72. The molecule has 20 heavy (non-hydrogen) atoms. The lowest BCUT2D eigenvalue weighted by Crippen LogP contribution is -2.47. The molecule has 5 heteroatoms. The van der Waals surface area contributed by atoms with E-state index in [1.54, 1.807) is 7.11 Å². The number of benzene rings is 1. The van der Waals surface area contributed by atoms with Gasteiger partial charge in [-0.3, -0.25) is 4.90 Å². The molecule has 1 saturated heterocycles. The predicted octanol–water partition coefficient (Wildman–Crippen LogP) is 1.47. The number of nitrogens with zero attached hydrogens (tertiary/aromatic N) is 1. The van der Waals surface area contributed by atoms with Crippen molar-refractivity contribution < 1.29 is 19.4 Å². The minimum atomic E-state index is -0.876. The van der Waals surface area contributed by atoms with E-state index in [0.717, 1.165) is 25.1 Å². The van der Waals surface area contributed by atoms with Crippen molar-refractivity contribution in [1.29, 1.82) is 0 Å². The summed E-state index contributed by atoms with van der Waals surface area (Å²) in [5.74, 6) is -0.0164. The summed E-state index contributed by atoms with van der Waals surface area (Å²) in [6.45, 7) is 1.72. The van der Waals surface area contributed by atoms with Crippen LogP contribution in [0, 0.1) is 0 Å². The van der Waals surface area contributed by atoms with Crippen molar-refractivity contribution in [3.8, 4) is 5.75 Å². The van der Waals surface area contributed by atoms with E-state index in [4.69, 9.17) is 14.6 Å². The second-order valence-electron chi connectivity index (χ2n) is 5.31. The van der Waals surface area contributed by atoms with Crippen LogP contribution in [0.2, 0.25) is 0 Å². The fourth-order valence-electron chi connectivity index (χ4n) is 3.17. The van der Waals surface area contributed by atoms with Crippen molar-refractivity contribution in [3.05, 3.63) is 29.3 Å². The van der Waals surface area contributed by atoms with Gasteiger partial charge >= 0.3 is 5.97 Å². The van der Waals surface area contributed by atoms with Gasteiger partial charge in [0.15, 0.2) is 6.10 Å². The highest BCUT2D eigenvalue weighted by Gasteiger charge is 2.34. The first kappa shape index (κ1) is 13.4. The molecule has 0 aromatic heterocycles. The lowest BCUT2D eigenvalue weighted by atomic mass is 10.1. The Bertz CT molecular complexity index is 517. The molecule has 1 fully saturated rings. The Balaban J connectivity index is 1.81. The number of methoxy groups -OCH3 is 1. The first-order valence-corrected chi connectivity index (χ1v) is 6.94. The lowest BCUT2D eigenvalue weighted by molar-refractivity contribution is -0.157. The Morgan fingerprint density at radius 3 is 3.10 bits per heavy atom. The van der Waals surface area contributed by atoms with E-state index < -0.39 is 12.1 Å². The Morgan fingerprint density at radius 1 is 1.50 bits per heavy atom. The predicted molar refractivity (Wildman–Crippen MR) is 73.0 cm³/mol. The second-order valence-corrected chi connectivity index (χ2v) is 5.31.